The summed E-state index contributed by atoms with van der Waals surface area (Å²) in [6.07, 6.45) is 3.74. The zero-order chi connectivity index (χ0) is 16.7. The Kier molecular flexibility index (Phi) is 3.53. The Morgan fingerprint density at radius 1 is 1.38 bits per heavy atom. The van der Waals surface area contributed by atoms with E-state index in [9.17, 15) is 13.6 Å². The molecule has 1 saturated carbocycles. The average Bonchev–Trinajstić information content (AvgIpc) is 3.34. The van der Waals surface area contributed by atoms with Gasteiger partial charge < -0.3 is 10.6 Å². The van der Waals surface area contributed by atoms with E-state index in [-0.39, 0.29) is 18.1 Å². The first kappa shape index (κ1) is 14.8. The number of hydrogen-bond acceptors (Lipinski definition) is 5. The topological polar surface area (TPSA) is 69.3 Å². The number of hydrazine groups is 1. The summed E-state index contributed by atoms with van der Waals surface area (Å²) in [5.41, 5.74) is 5.38. The van der Waals surface area contributed by atoms with Gasteiger partial charge in [-0.25, -0.2) is 14.2 Å². The fourth-order valence-corrected chi connectivity index (χ4v) is 2.70. The van der Waals surface area contributed by atoms with Crippen molar-refractivity contribution in [2.75, 3.05) is 11.9 Å². The predicted octanol–water partition coefficient (Wildman–Crippen LogP) is 1.85. The van der Waals surface area contributed by atoms with Crippen LogP contribution < -0.4 is 16.1 Å². The third-order valence-electron chi connectivity index (χ3n) is 4.02. The van der Waals surface area contributed by atoms with Gasteiger partial charge in [0.2, 0.25) is 0 Å². The lowest BCUT2D eigenvalue weighted by molar-refractivity contribution is -0.112. The summed E-state index contributed by atoms with van der Waals surface area (Å²) in [5, 5.41) is 7.11. The number of pyridine rings is 1. The van der Waals surface area contributed by atoms with Crippen LogP contribution in [0.4, 0.5) is 14.5 Å². The van der Waals surface area contributed by atoms with E-state index in [4.69, 9.17) is 0 Å². The molecule has 0 atom stereocenters. The highest BCUT2D eigenvalue weighted by atomic mass is 19.3. The number of aromatic nitrogens is 1. The zero-order valence-electron chi connectivity index (χ0n) is 12.6. The Labute approximate surface area is 136 Å². The number of carbonyl (C=O) groups is 1. The molecule has 3 heterocycles. The summed E-state index contributed by atoms with van der Waals surface area (Å²) in [5.74, 6) is 0.0137. The lowest BCUT2D eigenvalue weighted by Gasteiger charge is -2.30. The van der Waals surface area contributed by atoms with Crippen LogP contribution >= 0.6 is 0 Å². The second kappa shape index (κ2) is 5.72. The summed E-state index contributed by atoms with van der Waals surface area (Å²) in [7, 11) is 0. The molecule has 24 heavy (non-hydrogen) atoms. The third kappa shape index (κ3) is 2.65. The van der Waals surface area contributed by atoms with Gasteiger partial charge in [0.05, 0.1) is 17.5 Å². The van der Waals surface area contributed by atoms with Crippen molar-refractivity contribution >= 4 is 11.6 Å². The number of fused-ring (bicyclic) bond motifs is 1. The minimum Gasteiger partial charge on any atom is -0.340 e. The minimum atomic E-state index is -2.63. The second-order valence-corrected chi connectivity index (χ2v) is 5.71. The SMILES string of the molecule is O=C(Nc1cccnc1)C1=C2NC(=C3CC3)C=C(C(F)F)N2NC1. The van der Waals surface area contributed by atoms with Gasteiger partial charge >= 0.3 is 0 Å². The summed E-state index contributed by atoms with van der Waals surface area (Å²) in [6, 6.07) is 3.42. The van der Waals surface area contributed by atoms with Gasteiger partial charge in [-0.2, -0.15) is 0 Å². The predicted molar refractivity (Wildman–Crippen MR) is 83.2 cm³/mol. The largest absolute Gasteiger partial charge is 0.340 e. The third-order valence-corrected chi connectivity index (χ3v) is 4.02. The molecule has 3 aliphatic rings. The van der Waals surface area contributed by atoms with E-state index in [0.29, 0.717) is 22.8 Å². The van der Waals surface area contributed by atoms with E-state index in [0.717, 1.165) is 18.4 Å². The van der Waals surface area contributed by atoms with Crippen molar-refractivity contribution in [3.63, 3.8) is 0 Å². The van der Waals surface area contributed by atoms with Gasteiger partial charge in [-0.05, 0) is 36.6 Å². The molecule has 1 amide bonds. The molecule has 3 N–H and O–H groups in total. The van der Waals surface area contributed by atoms with Crippen LogP contribution in [-0.2, 0) is 4.79 Å². The van der Waals surface area contributed by atoms with Crippen molar-refractivity contribution in [3.05, 3.63) is 59.0 Å². The van der Waals surface area contributed by atoms with Crippen molar-refractivity contribution in [2.24, 2.45) is 0 Å². The van der Waals surface area contributed by atoms with Crippen molar-refractivity contribution < 1.29 is 13.6 Å². The molecule has 8 heteroatoms. The van der Waals surface area contributed by atoms with Crippen molar-refractivity contribution in [1.82, 2.24) is 20.7 Å². The van der Waals surface area contributed by atoms with Crippen molar-refractivity contribution in [3.8, 4) is 0 Å². The normalized spacial score (nSPS) is 19.3. The van der Waals surface area contributed by atoms with Crippen LogP contribution in [0, 0.1) is 0 Å². The van der Waals surface area contributed by atoms with E-state index < -0.39 is 6.43 Å². The Morgan fingerprint density at radius 2 is 2.21 bits per heavy atom. The maximum absolute atomic E-state index is 13.4. The molecule has 0 spiro atoms. The molecule has 0 radical (unpaired) electrons. The molecule has 6 nitrogen and oxygen atoms in total. The summed E-state index contributed by atoms with van der Waals surface area (Å²) < 4.78 is 26.7. The number of allylic oxidation sites excluding steroid dienone is 3. The molecular weight excluding hydrogens is 316 g/mol. The number of rotatable bonds is 3. The second-order valence-electron chi connectivity index (χ2n) is 5.71. The number of alkyl halides is 2. The molecule has 0 saturated heterocycles. The number of hydrogen-bond donors (Lipinski definition) is 3. The molecule has 1 aromatic rings. The molecule has 1 aromatic heterocycles. The van der Waals surface area contributed by atoms with Gasteiger partial charge in [0.15, 0.2) is 0 Å². The number of halogens is 2. The highest BCUT2D eigenvalue weighted by molar-refractivity contribution is 6.04. The van der Waals surface area contributed by atoms with Gasteiger partial charge in [-0.3, -0.25) is 14.8 Å². The highest BCUT2D eigenvalue weighted by Gasteiger charge is 2.36. The molecule has 0 unspecified atom stereocenters. The number of anilines is 1. The molecule has 0 aromatic carbocycles. The van der Waals surface area contributed by atoms with Crippen LogP contribution in [0.2, 0.25) is 0 Å². The van der Waals surface area contributed by atoms with E-state index >= 15 is 0 Å². The maximum atomic E-state index is 13.4. The molecule has 124 valence electrons. The van der Waals surface area contributed by atoms with Crippen LogP contribution in [-0.4, -0.2) is 28.9 Å². The quantitative estimate of drug-likeness (QED) is 0.789. The smallest absolute Gasteiger partial charge is 0.280 e. The Morgan fingerprint density at radius 3 is 2.88 bits per heavy atom. The van der Waals surface area contributed by atoms with Gasteiger partial charge in [-0.15, -0.1) is 0 Å². The van der Waals surface area contributed by atoms with Gasteiger partial charge in [0.1, 0.15) is 11.5 Å². The number of carbonyl (C=O) groups excluding carboxylic acids is 1. The van der Waals surface area contributed by atoms with E-state index in [1.54, 1.807) is 18.3 Å². The molecular formula is C16H15F2N5O. The van der Waals surface area contributed by atoms with E-state index in [1.165, 1.54) is 17.3 Å². The Bertz CT molecular complexity index is 779. The molecule has 0 bridgehead atoms. The van der Waals surface area contributed by atoms with Gasteiger partial charge in [-0.1, -0.05) is 0 Å². The summed E-state index contributed by atoms with van der Waals surface area (Å²) in [4.78, 5) is 16.4. The summed E-state index contributed by atoms with van der Waals surface area (Å²) >= 11 is 0. The lowest BCUT2D eigenvalue weighted by Crippen LogP contribution is -2.41. The average molecular weight is 331 g/mol. The fraction of sp³-hybridized carbons (Fsp3) is 0.250. The van der Waals surface area contributed by atoms with Crippen LogP contribution in [0.15, 0.2) is 59.0 Å². The van der Waals surface area contributed by atoms with Gasteiger partial charge in [0.25, 0.3) is 12.3 Å². The van der Waals surface area contributed by atoms with E-state index in [1.807, 2.05) is 0 Å². The number of amides is 1. The molecule has 4 rings (SSSR count). The monoisotopic (exact) mass is 331 g/mol. The lowest BCUT2D eigenvalue weighted by atomic mass is 10.2. The van der Waals surface area contributed by atoms with Crippen LogP contribution in [0.25, 0.3) is 0 Å². The van der Waals surface area contributed by atoms with E-state index in [2.05, 4.69) is 21.0 Å². The first-order chi connectivity index (χ1) is 11.6. The molecule has 1 aliphatic carbocycles. The van der Waals surface area contributed by atoms with Crippen LogP contribution in [0.5, 0.6) is 0 Å². The molecule has 2 aliphatic heterocycles. The minimum absolute atomic E-state index is 0.151. The number of nitrogens with zero attached hydrogens (tertiary/aromatic N) is 2. The van der Waals surface area contributed by atoms with Crippen LogP contribution in [0.3, 0.4) is 0 Å². The first-order valence-electron chi connectivity index (χ1n) is 7.60. The van der Waals surface area contributed by atoms with Gasteiger partial charge in [0, 0.05) is 18.4 Å². The molecule has 1 fully saturated rings. The van der Waals surface area contributed by atoms with Crippen LogP contribution in [0.1, 0.15) is 12.8 Å². The first-order valence-corrected chi connectivity index (χ1v) is 7.60. The van der Waals surface area contributed by atoms with Crippen molar-refractivity contribution in [1.29, 1.82) is 0 Å². The summed E-state index contributed by atoms with van der Waals surface area (Å²) in [6.45, 7) is 0.168. The fourth-order valence-electron chi connectivity index (χ4n) is 2.70. The standard InChI is InChI=1S/C16H15F2N5O/c17-14(18)13-6-12(9-3-4-9)22-15-11(8-20-23(13)15)16(24)21-10-2-1-5-19-7-10/h1-2,5-7,14,20,22H,3-4,8H2,(H,21,24). The zero-order valence-corrected chi connectivity index (χ0v) is 12.6. The number of nitrogens with one attached hydrogen (secondary N) is 3. The van der Waals surface area contributed by atoms with Crippen molar-refractivity contribution in [2.45, 2.75) is 19.3 Å². The Balaban J connectivity index is 1.66. The maximum Gasteiger partial charge on any atom is 0.280 e. The Hall–Kier alpha value is -2.74. The highest BCUT2D eigenvalue weighted by Crippen LogP contribution is 2.36.